The van der Waals surface area contributed by atoms with Gasteiger partial charge in [-0.2, -0.15) is 0 Å². The summed E-state index contributed by atoms with van der Waals surface area (Å²) in [5.41, 5.74) is 0.461. The van der Waals surface area contributed by atoms with Crippen molar-refractivity contribution in [2.24, 2.45) is 5.92 Å². The summed E-state index contributed by atoms with van der Waals surface area (Å²) in [6, 6.07) is 0.697. The van der Waals surface area contributed by atoms with E-state index in [-0.39, 0.29) is 0 Å². The normalized spacial score (nSPS) is 32.8. The first kappa shape index (κ1) is 11.4. The maximum atomic E-state index is 3.84. The van der Waals surface area contributed by atoms with E-state index in [9.17, 15) is 0 Å². The zero-order valence-corrected chi connectivity index (χ0v) is 10.3. The first-order valence-electron chi connectivity index (χ1n) is 6.74. The van der Waals surface area contributed by atoms with Crippen LogP contribution in [-0.4, -0.2) is 24.7 Å². The van der Waals surface area contributed by atoms with Crippen molar-refractivity contribution in [3.8, 4) is 0 Å². The Kier molecular flexibility index (Phi) is 3.68. The molecule has 1 heterocycles. The molecule has 2 aliphatic rings. The molecule has 2 nitrogen and oxygen atoms in total. The highest BCUT2D eigenvalue weighted by Crippen LogP contribution is 2.29. The van der Waals surface area contributed by atoms with E-state index in [2.05, 4.69) is 24.5 Å². The Balaban J connectivity index is 1.85. The Morgan fingerprint density at radius 3 is 2.53 bits per heavy atom. The minimum atomic E-state index is 0.461. The van der Waals surface area contributed by atoms with E-state index in [0.717, 1.165) is 5.92 Å². The van der Waals surface area contributed by atoms with Crippen LogP contribution in [0.15, 0.2) is 0 Å². The van der Waals surface area contributed by atoms with E-state index in [4.69, 9.17) is 0 Å². The first-order chi connectivity index (χ1) is 7.26. The maximum absolute atomic E-state index is 3.84. The Hall–Kier alpha value is -0.0800. The molecule has 2 N–H and O–H groups in total. The zero-order chi connectivity index (χ0) is 10.7. The standard InChI is InChI=1S/C13H26N2/c1-3-11(2)12-9-15-13(10-14-12)7-5-4-6-8-13/h11-12,14-15H,3-10H2,1-2H3. The molecular weight excluding hydrogens is 184 g/mol. The van der Waals surface area contributed by atoms with Crippen molar-refractivity contribution >= 4 is 0 Å². The van der Waals surface area contributed by atoms with Gasteiger partial charge in [0, 0.05) is 24.7 Å². The molecule has 2 fully saturated rings. The molecule has 1 saturated carbocycles. The van der Waals surface area contributed by atoms with Crippen LogP contribution in [0.4, 0.5) is 0 Å². The summed E-state index contributed by atoms with van der Waals surface area (Å²) < 4.78 is 0. The van der Waals surface area contributed by atoms with Gasteiger partial charge in [-0.3, -0.25) is 0 Å². The molecule has 15 heavy (non-hydrogen) atoms. The van der Waals surface area contributed by atoms with E-state index in [1.807, 2.05) is 0 Å². The predicted octanol–water partition coefficient (Wildman–Crippen LogP) is 2.30. The van der Waals surface area contributed by atoms with Crippen molar-refractivity contribution < 1.29 is 0 Å². The average Bonchev–Trinajstić information content (AvgIpc) is 2.30. The molecule has 0 aromatic rings. The zero-order valence-electron chi connectivity index (χ0n) is 10.3. The first-order valence-corrected chi connectivity index (χ1v) is 6.74. The molecular formula is C13H26N2. The molecule has 2 atom stereocenters. The van der Waals surface area contributed by atoms with Gasteiger partial charge >= 0.3 is 0 Å². The SMILES string of the molecule is CCC(C)C1CNC2(CCCCC2)CN1. The molecule has 88 valence electrons. The van der Waals surface area contributed by atoms with Gasteiger partial charge in [-0.05, 0) is 18.8 Å². The van der Waals surface area contributed by atoms with Crippen molar-refractivity contribution in [3.63, 3.8) is 0 Å². The number of hydrogen-bond donors (Lipinski definition) is 2. The fourth-order valence-electron chi connectivity index (χ4n) is 3.06. The fourth-order valence-corrected chi connectivity index (χ4v) is 3.06. The Bertz CT molecular complexity index is 187. The lowest BCUT2D eigenvalue weighted by molar-refractivity contribution is 0.156. The highest BCUT2D eigenvalue weighted by molar-refractivity contribution is 4.98. The average molecular weight is 210 g/mol. The third-order valence-electron chi connectivity index (χ3n) is 4.54. The van der Waals surface area contributed by atoms with Crippen LogP contribution in [0.1, 0.15) is 52.4 Å². The van der Waals surface area contributed by atoms with Crippen molar-refractivity contribution in [2.45, 2.75) is 64.0 Å². The van der Waals surface area contributed by atoms with E-state index >= 15 is 0 Å². The van der Waals surface area contributed by atoms with Gasteiger partial charge in [0.15, 0.2) is 0 Å². The minimum Gasteiger partial charge on any atom is -0.311 e. The number of hydrogen-bond acceptors (Lipinski definition) is 2. The van der Waals surface area contributed by atoms with Crippen LogP contribution in [0.25, 0.3) is 0 Å². The summed E-state index contributed by atoms with van der Waals surface area (Å²) in [5.74, 6) is 0.804. The Morgan fingerprint density at radius 1 is 1.27 bits per heavy atom. The lowest BCUT2D eigenvalue weighted by Crippen LogP contribution is -2.64. The summed E-state index contributed by atoms with van der Waals surface area (Å²) >= 11 is 0. The van der Waals surface area contributed by atoms with E-state index in [1.165, 1.54) is 51.6 Å². The van der Waals surface area contributed by atoms with Crippen LogP contribution in [0.2, 0.25) is 0 Å². The van der Waals surface area contributed by atoms with Crippen LogP contribution >= 0.6 is 0 Å². The van der Waals surface area contributed by atoms with Crippen LogP contribution in [0.5, 0.6) is 0 Å². The minimum absolute atomic E-state index is 0.461. The Morgan fingerprint density at radius 2 is 2.00 bits per heavy atom. The van der Waals surface area contributed by atoms with Crippen LogP contribution < -0.4 is 10.6 Å². The third kappa shape index (κ3) is 2.54. The molecule has 0 aromatic heterocycles. The second kappa shape index (κ2) is 4.84. The van der Waals surface area contributed by atoms with Gasteiger partial charge in [0.05, 0.1) is 0 Å². The van der Waals surface area contributed by atoms with Crippen molar-refractivity contribution in [1.82, 2.24) is 10.6 Å². The summed E-state index contributed by atoms with van der Waals surface area (Å²) in [4.78, 5) is 0. The monoisotopic (exact) mass is 210 g/mol. The van der Waals surface area contributed by atoms with Crippen LogP contribution in [-0.2, 0) is 0 Å². The van der Waals surface area contributed by atoms with Crippen LogP contribution in [0.3, 0.4) is 0 Å². The van der Waals surface area contributed by atoms with E-state index < -0.39 is 0 Å². The second-order valence-electron chi connectivity index (χ2n) is 5.59. The van der Waals surface area contributed by atoms with Crippen molar-refractivity contribution in [2.75, 3.05) is 13.1 Å². The van der Waals surface area contributed by atoms with Gasteiger partial charge in [-0.1, -0.05) is 39.5 Å². The third-order valence-corrected chi connectivity index (χ3v) is 4.54. The highest BCUT2D eigenvalue weighted by atomic mass is 15.1. The molecule has 2 heteroatoms. The molecule has 1 spiro atoms. The summed E-state index contributed by atoms with van der Waals surface area (Å²) in [6.45, 7) is 7.02. The van der Waals surface area contributed by atoms with Gasteiger partial charge in [0.25, 0.3) is 0 Å². The maximum Gasteiger partial charge on any atom is 0.0307 e. The van der Waals surface area contributed by atoms with Crippen molar-refractivity contribution in [3.05, 3.63) is 0 Å². The number of nitrogens with one attached hydrogen (secondary N) is 2. The lowest BCUT2D eigenvalue weighted by atomic mass is 9.79. The molecule has 0 amide bonds. The van der Waals surface area contributed by atoms with E-state index in [0.29, 0.717) is 11.6 Å². The predicted molar refractivity (Wildman–Crippen MR) is 65.1 cm³/mol. The van der Waals surface area contributed by atoms with Gasteiger partial charge in [-0.15, -0.1) is 0 Å². The second-order valence-corrected chi connectivity index (χ2v) is 5.59. The molecule has 0 bridgehead atoms. The summed E-state index contributed by atoms with van der Waals surface area (Å²) in [6.07, 6.45) is 8.33. The number of piperazine rings is 1. The highest BCUT2D eigenvalue weighted by Gasteiger charge is 2.36. The van der Waals surface area contributed by atoms with Gasteiger partial charge in [0.1, 0.15) is 0 Å². The Labute approximate surface area is 94.2 Å². The quantitative estimate of drug-likeness (QED) is 0.731. The molecule has 1 aliphatic carbocycles. The smallest absolute Gasteiger partial charge is 0.0307 e. The topological polar surface area (TPSA) is 24.1 Å². The molecule has 0 aromatic carbocycles. The largest absolute Gasteiger partial charge is 0.311 e. The van der Waals surface area contributed by atoms with Gasteiger partial charge in [0.2, 0.25) is 0 Å². The summed E-state index contributed by atoms with van der Waals surface area (Å²) in [7, 11) is 0. The molecule has 2 rings (SSSR count). The van der Waals surface area contributed by atoms with Gasteiger partial charge in [-0.25, -0.2) is 0 Å². The number of rotatable bonds is 2. The molecule has 1 saturated heterocycles. The van der Waals surface area contributed by atoms with Gasteiger partial charge < -0.3 is 10.6 Å². The fraction of sp³-hybridized carbons (Fsp3) is 1.00. The summed E-state index contributed by atoms with van der Waals surface area (Å²) in [5, 5.41) is 7.61. The molecule has 2 unspecified atom stereocenters. The molecule has 1 aliphatic heterocycles. The van der Waals surface area contributed by atoms with Crippen molar-refractivity contribution in [1.29, 1.82) is 0 Å². The van der Waals surface area contributed by atoms with Crippen LogP contribution in [0, 0.1) is 5.92 Å². The van der Waals surface area contributed by atoms with E-state index in [1.54, 1.807) is 0 Å². The molecule has 0 radical (unpaired) electrons. The lowest BCUT2D eigenvalue weighted by Gasteiger charge is -2.45.